The Bertz CT molecular complexity index is 280. The van der Waals surface area contributed by atoms with E-state index in [0.717, 1.165) is 32.5 Å². The summed E-state index contributed by atoms with van der Waals surface area (Å²) < 4.78 is 0. The van der Waals surface area contributed by atoms with E-state index in [1.165, 1.54) is 6.42 Å². The summed E-state index contributed by atoms with van der Waals surface area (Å²) in [4.78, 5) is 16.6. The first-order valence-electron chi connectivity index (χ1n) is 6.76. The van der Waals surface area contributed by atoms with Crippen LogP contribution in [0, 0.1) is 5.92 Å². The molecule has 2 saturated heterocycles. The minimum Gasteiger partial charge on any atom is -0.340 e. The maximum Gasteiger partial charge on any atom is 0.239 e. The van der Waals surface area contributed by atoms with Crippen molar-refractivity contribution < 1.29 is 4.79 Å². The minimum atomic E-state index is 0.0691. The molecule has 0 aromatic rings. The fraction of sp³-hybridized carbons (Fsp3) is 0.923. The Balaban J connectivity index is 1.88. The van der Waals surface area contributed by atoms with Crippen LogP contribution < -0.4 is 5.32 Å². The van der Waals surface area contributed by atoms with E-state index in [-0.39, 0.29) is 6.04 Å². The summed E-state index contributed by atoms with van der Waals surface area (Å²) in [6.45, 7) is 5.06. The van der Waals surface area contributed by atoms with Crippen molar-refractivity contribution in [1.29, 1.82) is 0 Å². The average Bonchev–Trinajstić information content (AvgIpc) is 2.77. The van der Waals surface area contributed by atoms with E-state index in [1.54, 1.807) is 0 Å². The maximum atomic E-state index is 12.4. The van der Waals surface area contributed by atoms with Gasteiger partial charge < -0.3 is 15.1 Å². The van der Waals surface area contributed by atoms with E-state index >= 15 is 0 Å². The van der Waals surface area contributed by atoms with Crippen LogP contribution in [0.4, 0.5) is 0 Å². The first-order chi connectivity index (χ1) is 8.08. The lowest BCUT2D eigenvalue weighted by Gasteiger charge is -2.30. The number of nitrogens with one attached hydrogen (secondary N) is 1. The minimum absolute atomic E-state index is 0.0691. The van der Waals surface area contributed by atoms with Gasteiger partial charge in [-0.15, -0.1) is 0 Å². The van der Waals surface area contributed by atoms with Gasteiger partial charge in [0.1, 0.15) is 0 Å². The van der Waals surface area contributed by atoms with Gasteiger partial charge in [0.15, 0.2) is 0 Å². The quantitative estimate of drug-likeness (QED) is 0.764. The lowest BCUT2D eigenvalue weighted by atomic mass is 9.93. The average molecular weight is 239 g/mol. The highest BCUT2D eigenvalue weighted by Gasteiger charge is 2.33. The largest absolute Gasteiger partial charge is 0.340 e. The van der Waals surface area contributed by atoms with Gasteiger partial charge in [0.25, 0.3) is 0 Å². The molecule has 0 aromatic heterocycles. The summed E-state index contributed by atoms with van der Waals surface area (Å²) in [5, 5.41) is 3.37. The van der Waals surface area contributed by atoms with Crippen LogP contribution in [0.25, 0.3) is 0 Å². The Hall–Kier alpha value is -0.610. The lowest BCUT2D eigenvalue weighted by molar-refractivity contribution is -0.133. The van der Waals surface area contributed by atoms with Gasteiger partial charge in [-0.05, 0) is 45.8 Å². The van der Waals surface area contributed by atoms with Gasteiger partial charge in [-0.1, -0.05) is 6.92 Å². The number of nitrogens with zero attached hydrogens (tertiary/aromatic N) is 2. The Labute approximate surface area is 104 Å². The number of likely N-dealkylation sites (N-methyl/N-ethyl adjacent to an activating group) is 1. The molecule has 0 radical (unpaired) electrons. The number of likely N-dealkylation sites (tertiary alicyclic amines) is 1. The Morgan fingerprint density at radius 2 is 2.12 bits per heavy atom. The van der Waals surface area contributed by atoms with Crippen molar-refractivity contribution in [2.45, 2.75) is 38.3 Å². The molecular formula is C13H25N3O. The molecule has 2 aliphatic rings. The highest BCUT2D eigenvalue weighted by molar-refractivity contribution is 5.82. The predicted octanol–water partition coefficient (Wildman–Crippen LogP) is 0.537. The molecule has 2 aliphatic heterocycles. The van der Waals surface area contributed by atoms with E-state index in [4.69, 9.17) is 0 Å². The fourth-order valence-corrected chi connectivity index (χ4v) is 2.88. The number of carbonyl (C=O) groups is 1. The molecule has 98 valence electrons. The summed E-state index contributed by atoms with van der Waals surface area (Å²) in [7, 11) is 4.19. The van der Waals surface area contributed by atoms with Gasteiger partial charge >= 0.3 is 0 Å². The Morgan fingerprint density at radius 3 is 2.71 bits per heavy atom. The van der Waals surface area contributed by atoms with Gasteiger partial charge in [-0.3, -0.25) is 4.79 Å². The highest BCUT2D eigenvalue weighted by Crippen LogP contribution is 2.20. The molecular weight excluding hydrogens is 214 g/mol. The summed E-state index contributed by atoms with van der Waals surface area (Å²) in [6, 6.07) is 0.611. The molecule has 1 amide bonds. The van der Waals surface area contributed by atoms with Crippen LogP contribution in [-0.2, 0) is 4.79 Å². The number of rotatable bonds is 2. The third-order valence-electron chi connectivity index (χ3n) is 4.17. The summed E-state index contributed by atoms with van der Waals surface area (Å²) in [6.07, 6.45) is 3.31. The third-order valence-corrected chi connectivity index (χ3v) is 4.17. The second-order valence-electron chi connectivity index (χ2n) is 5.83. The number of hydrogen-bond acceptors (Lipinski definition) is 3. The van der Waals surface area contributed by atoms with Crippen molar-refractivity contribution in [3.8, 4) is 0 Å². The van der Waals surface area contributed by atoms with Gasteiger partial charge in [-0.25, -0.2) is 0 Å². The second-order valence-corrected chi connectivity index (χ2v) is 5.83. The van der Waals surface area contributed by atoms with Crippen LogP contribution in [-0.4, -0.2) is 61.5 Å². The standard InChI is InChI=1S/C13H25N3O/c1-10-4-6-14-12(8-10)13(17)16-7-5-11(9-16)15(2)3/h10-12,14H,4-9H2,1-3H3. The SMILES string of the molecule is CC1CCNC(C(=O)N2CCC(N(C)C)C2)C1. The molecule has 2 rings (SSSR count). The van der Waals surface area contributed by atoms with Crippen LogP contribution in [0.2, 0.25) is 0 Å². The maximum absolute atomic E-state index is 12.4. The van der Waals surface area contributed by atoms with E-state index in [9.17, 15) is 4.79 Å². The number of amides is 1. The first-order valence-corrected chi connectivity index (χ1v) is 6.76. The molecule has 1 N–H and O–H groups in total. The molecule has 3 atom stereocenters. The van der Waals surface area contributed by atoms with Crippen LogP contribution in [0.5, 0.6) is 0 Å². The number of piperidine rings is 1. The van der Waals surface area contributed by atoms with E-state index in [1.807, 2.05) is 4.90 Å². The highest BCUT2D eigenvalue weighted by atomic mass is 16.2. The van der Waals surface area contributed by atoms with E-state index in [2.05, 4.69) is 31.2 Å². The zero-order chi connectivity index (χ0) is 12.4. The van der Waals surface area contributed by atoms with Gasteiger partial charge in [0.05, 0.1) is 6.04 Å². The molecule has 0 aliphatic carbocycles. The molecule has 17 heavy (non-hydrogen) atoms. The van der Waals surface area contributed by atoms with Crippen LogP contribution >= 0.6 is 0 Å². The number of carbonyl (C=O) groups excluding carboxylic acids is 1. The Kier molecular flexibility index (Phi) is 4.05. The zero-order valence-corrected chi connectivity index (χ0v) is 11.3. The smallest absolute Gasteiger partial charge is 0.239 e. The van der Waals surface area contributed by atoms with Crippen LogP contribution in [0.3, 0.4) is 0 Å². The fourth-order valence-electron chi connectivity index (χ4n) is 2.88. The van der Waals surface area contributed by atoms with E-state index in [0.29, 0.717) is 17.9 Å². The number of hydrogen-bond donors (Lipinski definition) is 1. The monoisotopic (exact) mass is 239 g/mol. The third kappa shape index (κ3) is 2.99. The van der Waals surface area contributed by atoms with Crippen molar-refractivity contribution in [1.82, 2.24) is 15.1 Å². The first kappa shape index (κ1) is 12.8. The van der Waals surface area contributed by atoms with Crippen LogP contribution in [0.1, 0.15) is 26.2 Å². The molecule has 0 bridgehead atoms. The molecule has 2 fully saturated rings. The van der Waals surface area contributed by atoms with Crippen molar-refractivity contribution in [2.75, 3.05) is 33.7 Å². The van der Waals surface area contributed by atoms with Crippen molar-refractivity contribution in [3.63, 3.8) is 0 Å². The topological polar surface area (TPSA) is 35.6 Å². The van der Waals surface area contributed by atoms with Crippen molar-refractivity contribution in [2.24, 2.45) is 5.92 Å². The molecule has 0 saturated carbocycles. The molecule has 3 unspecified atom stereocenters. The molecule has 0 spiro atoms. The normalized spacial score (nSPS) is 34.4. The van der Waals surface area contributed by atoms with Crippen molar-refractivity contribution >= 4 is 5.91 Å². The lowest BCUT2D eigenvalue weighted by Crippen LogP contribution is -2.50. The van der Waals surface area contributed by atoms with Crippen LogP contribution in [0.15, 0.2) is 0 Å². The van der Waals surface area contributed by atoms with Gasteiger partial charge in [0, 0.05) is 19.1 Å². The van der Waals surface area contributed by atoms with Gasteiger partial charge in [0.2, 0.25) is 5.91 Å². The Morgan fingerprint density at radius 1 is 1.35 bits per heavy atom. The summed E-state index contributed by atoms with van der Waals surface area (Å²) >= 11 is 0. The zero-order valence-electron chi connectivity index (χ0n) is 11.3. The summed E-state index contributed by atoms with van der Waals surface area (Å²) in [5.41, 5.74) is 0. The van der Waals surface area contributed by atoms with Gasteiger partial charge in [-0.2, -0.15) is 0 Å². The van der Waals surface area contributed by atoms with Crippen molar-refractivity contribution in [3.05, 3.63) is 0 Å². The molecule has 0 aromatic carbocycles. The second kappa shape index (κ2) is 5.36. The van der Waals surface area contributed by atoms with E-state index < -0.39 is 0 Å². The molecule has 4 nitrogen and oxygen atoms in total. The predicted molar refractivity (Wildman–Crippen MR) is 68.9 cm³/mol. The molecule has 4 heteroatoms. The summed E-state index contributed by atoms with van der Waals surface area (Å²) in [5.74, 6) is 0.998. The molecule has 2 heterocycles.